The summed E-state index contributed by atoms with van der Waals surface area (Å²) >= 11 is 4.56. The van der Waals surface area contributed by atoms with Crippen LogP contribution in [0.15, 0.2) is 21.2 Å². The van der Waals surface area contributed by atoms with Gasteiger partial charge in [-0.3, -0.25) is 0 Å². The zero-order valence-corrected chi connectivity index (χ0v) is 9.85. The molecular weight excluding hydrogens is 266 g/mol. The molecule has 6 heteroatoms. The third-order valence-electron chi connectivity index (χ3n) is 1.67. The van der Waals surface area contributed by atoms with Crippen molar-refractivity contribution in [3.8, 4) is 11.5 Å². The first-order valence-electron chi connectivity index (χ1n) is 4.12. The van der Waals surface area contributed by atoms with Gasteiger partial charge < -0.3 is 9.73 Å². The van der Waals surface area contributed by atoms with Crippen LogP contribution in [0.3, 0.4) is 0 Å². The lowest BCUT2D eigenvalue weighted by atomic mass is 10.3. The third-order valence-corrected chi connectivity index (χ3v) is 2.82. The molecule has 0 radical (unpaired) electrons. The van der Waals surface area contributed by atoms with E-state index in [1.165, 1.54) is 11.7 Å². The van der Waals surface area contributed by atoms with E-state index in [9.17, 15) is 0 Å². The van der Waals surface area contributed by atoms with Gasteiger partial charge in [0.05, 0.1) is 22.5 Å². The summed E-state index contributed by atoms with van der Waals surface area (Å²) in [5.41, 5.74) is 0.758. The number of anilines is 1. The van der Waals surface area contributed by atoms with Gasteiger partial charge in [-0.15, -0.1) is 0 Å². The Labute approximate surface area is 93.8 Å². The average molecular weight is 274 g/mol. The van der Waals surface area contributed by atoms with E-state index in [1.807, 2.05) is 13.0 Å². The van der Waals surface area contributed by atoms with Crippen LogP contribution in [0.1, 0.15) is 6.92 Å². The van der Waals surface area contributed by atoms with Crippen molar-refractivity contribution in [1.29, 1.82) is 0 Å². The molecule has 2 aromatic rings. The zero-order chi connectivity index (χ0) is 9.97. The number of nitrogens with zero attached hydrogens (tertiary/aromatic N) is 2. The topological polar surface area (TPSA) is 51.0 Å². The summed E-state index contributed by atoms with van der Waals surface area (Å²) in [5.74, 6) is 1.49. The van der Waals surface area contributed by atoms with Crippen molar-refractivity contribution < 1.29 is 4.42 Å². The molecule has 0 spiro atoms. The van der Waals surface area contributed by atoms with Gasteiger partial charge in [-0.05, 0) is 28.9 Å². The summed E-state index contributed by atoms with van der Waals surface area (Å²) in [6.07, 6.45) is 1.62. The van der Waals surface area contributed by atoms with Crippen LogP contribution >= 0.6 is 27.7 Å². The van der Waals surface area contributed by atoms with Crippen molar-refractivity contribution >= 4 is 33.5 Å². The second-order valence-corrected chi connectivity index (χ2v) is 3.97. The maximum atomic E-state index is 5.31. The van der Waals surface area contributed by atoms with E-state index in [-0.39, 0.29) is 0 Å². The monoisotopic (exact) mass is 273 g/mol. The fourth-order valence-corrected chi connectivity index (χ4v) is 2.00. The number of nitrogens with one attached hydrogen (secondary N) is 1. The first-order chi connectivity index (χ1) is 6.83. The van der Waals surface area contributed by atoms with Gasteiger partial charge in [0.2, 0.25) is 0 Å². The molecule has 4 nitrogen and oxygen atoms in total. The minimum absolute atomic E-state index is 0.717. The van der Waals surface area contributed by atoms with E-state index < -0.39 is 0 Å². The van der Waals surface area contributed by atoms with Crippen LogP contribution < -0.4 is 5.32 Å². The minimum atomic E-state index is 0.717. The van der Waals surface area contributed by atoms with Crippen LogP contribution in [-0.4, -0.2) is 15.3 Å². The molecule has 0 aliphatic heterocycles. The molecule has 2 heterocycles. The number of halogens is 1. The second kappa shape index (κ2) is 4.10. The standard InChI is InChI=1S/C8H8BrN3OS/c1-2-10-8-6(11-14-12-8)7-5(9)3-4-13-7/h3-4H,2H2,1H3,(H,10,12). The fraction of sp³-hybridized carbons (Fsp3) is 0.250. The van der Waals surface area contributed by atoms with Crippen molar-refractivity contribution in [3.05, 3.63) is 16.8 Å². The van der Waals surface area contributed by atoms with Crippen LogP contribution in [0, 0.1) is 0 Å². The fourth-order valence-electron chi connectivity index (χ4n) is 1.08. The quantitative estimate of drug-likeness (QED) is 0.934. The summed E-state index contributed by atoms with van der Waals surface area (Å²) in [6, 6.07) is 1.84. The Hall–Kier alpha value is -0.880. The van der Waals surface area contributed by atoms with Gasteiger partial charge in [-0.1, -0.05) is 0 Å². The molecule has 0 aliphatic rings. The summed E-state index contributed by atoms with van der Waals surface area (Å²) in [7, 11) is 0. The summed E-state index contributed by atoms with van der Waals surface area (Å²) in [4.78, 5) is 0. The molecule has 0 aromatic carbocycles. The number of rotatable bonds is 3. The highest BCUT2D eigenvalue weighted by atomic mass is 79.9. The van der Waals surface area contributed by atoms with E-state index in [2.05, 4.69) is 30.0 Å². The highest BCUT2D eigenvalue weighted by Crippen LogP contribution is 2.32. The lowest BCUT2D eigenvalue weighted by Gasteiger charge is -1.99. The SMILES string of the molecule is CCNc1nsnc1-c1occc1Br. The van der Waals surface area contributed by atoms with Crippen molar-refractivity contribution in [1.82, 2.24) is 8.75 Å². The van der Waals surface area contributed by atoms with Crippen LogP contribution in [-0.2, 0) is 0 Å². The second-order valence-electron chi connectivity index (χ2n) is 2.59. The number of aromatic nitrogens is 2. The van der Waals surface area contributed by atoms with E-state index in [1.54, 1.807) is 6.26 Å². The van der Waals surface area contributed by atoms with Gasteiger partial charge in [0.15, 0.2) is 17.3 Å². The number of furan rings is 1. The van der Waals surface area contributed by atoms with Crippen molar-refractivity contribution in [2.24, 2.45) is 0 Å². The van der Waals surface area contributed by atoms with Crippen molar-refractivity contribution in [2.45, 2.75) is 6.92 Å². The highest BCUT2D eigenvalue weighted by molar-refractivity contribution is 9.10. The molecule has 0 fully saturated rings. The minimum Gasteiger partial charge on any atom is -0.461 e. The smallest absolute Gasteiger partial charge is 0.171 e. The predicted octanol–water partition coefficient (Wildman–Crippen LogP) is 2.99. The van der Waals surface area contributed by atoms with Gasteiger partial charge in [-0.25, -0.2) is 0 Å². The first-order valence-corrected chi connectivity index (χ1v) is 5.65. The van der Waals surface area contributed by atoms with Crippen LogP contribution in [0.4, 0.5) is 5.82 Å². The molecule has 0 bridgehead atoms. The number of hydrogen-bond acceptors (Lipinski definition) is 5. The molecular formula is C8H8BrN3OS. The largest absolute Gasteiger partial charge is 0.461 e. The molecule has 2 aromatic heterocycles. The average Bonchev–Trinajstić information content (AvgIpc) is 2.74. The first kappa shape index (κ1) is 9.67. The van der Waals surface area contributed by atoms with E-state index in [0.29, 0.717) is 0 Å². The summed E-state index contributed by atoms with van der Waals surface area (Å²) in [5, 5.41) is 3.13. The Morgan fingerprint density at radius 1 is 1.57 bits per heavy atom. The van der Waals surface area contributed by atoms with Crippen LogP contribution in [0.25, 0.3) is 11.5 Å². The molecule has 0 unspecified atom stereocenters. The number of hydrogen-bond donors (Lipinski definition) is 1. The summed E-state index contributed by atoms with van der Waals surface area (Å²) in [6.45, 7) is 2.83. The molecule has 2 rings (SSSR count). The Bertz CT molecular complexity index is 426. The lowest BCUT2D eigenvalue weighted by Crippen LogP contribution is -1.97. The van der Waals surface area contributed by atoms with Gasteiger partial charge >= 0.3 is 0 Å². The third kappa shape index (κ3) is 1.67. The van der Waals surface area contributed by atoms with Crippen LogP contribution in [0.5, 0.6) is 0 Å². The molecule has 0 aliphatic carbocycles. The van der Waals surface area contributed by atoms with E-state index >= 15 is 0 Å². The maximum absolute atomic E-state index is 5.31. The molecule has 0 atom stereocenters. The molecule has 74 valence electrons. The highest BCUT2D eigenvalue weighted by Gasteiger charge is 2.15. The Morgan fingerprint density at radius 3 is 3.07 bits per heavy atom. The van der Waals surface area contributed by atoms with Gasteiger partial charge in [0.25, 0.3) is 0 Å². The lowest BCUT2D eigenvalue weighted by molar-refractivity contribution is 0.580. The normalized spacial score (nSPS) is 10.4. The van der Waals surface area contributed by atoms with Crippen LogP contribution in [0.2, 0.25) is 0 Å². The Balaban J connectivity index is 2.41. The Morgan fingerprint density at radius 2 is 2.43 bits per heavy atom. The zero-order valence-electron chi connectivity index (χ0n) is 7.45. The van der Waals surface area contributed by atoms with Gasteiger partial charge in [0, 0.05) is 6.54 Å². The molecule has 14 heavy (non-hydrogen) atoms. The molecule has 0 saturated heterocycles. The van der Waals surface area contributed by atoms with E-state index in [0.717, 1.165) is 28.3 Å². The Kier molecular flexibility index (Phi) is 2.83. The van der Waals surface area contributed by atoms with Crippen molar-refractivity contribution in [2.75, 3.05) is 11.9 Å². The summed E-state index contributed by atoms with van der Waals surface area (Å²) < 4.78 is 14.5. The van der Waals surface area contributed by atoms with E-state index in [4.69, 9.17) is 4.42 Å². The molecule has 0 saturated carbocycles. The predicted molar refractivity (Wildman–Crippen MR) is 59.5 cm³/mol. The maximum Gasteiger partial charge on any atom is 0.171 e. The van der Waals surface area contributed by atoms with Gasteiger partial charge in [-0.2, -0.15) is 8.75 Å². The molecule has 1 N–H and O–H groups in total. The molecule has 0 amide bonds. The van der Waals surface area contributed by atoms with Gasteiger partial charge in [0.1, 0.15) is 0 Å². The van der Waals surface area contributed by atoms with Crippen molar-refractivity contribution in [3.63, 3.8) is 0 Å².